The number of benzene rings is 2. The van der Waals surface area contributed by atoms with E-state index in [4.69, 9.17) is 4.74 Å². The molecule has 1 aliphatic rings. The Labute approximate surface area is 166 Å². The lowest BCUT2D eigenvalue weighted by Crippen LogP contribution is -2.51. The lowest BCUT2D eigenvalue weighted by molar-refractivity contribution is -0.128. The van der Waals surface area contributed by atoms with Gasteiger partial charge in [-0.1, -0.05) is 42.8 Å². The summed E-state index contributed by atoms with van der Waals surface area (Å²) in [6.07, 6.45) is 0.938. The Morgan fingerprint density at radius 3 is 2.61 bits per heavy atom. The highest BCUT2D eigenvalue weighted by Gasteiger charge is 2.35. The molecule has 0 radical (unpaired) electrons. The van der Waals surface area contributed by atoms with E-state index in [2.05, 4.69) is 11.4 Å². The monoisotopic (exact) mass is 402 g/mol. The number of hydrogen-bond donors (Lipinski definition) is 1. The zero-order valence-electron chi connectivity index (χ0n) is 16.6. The predicted octanol–water partition coefficient (Wildman–Crippen LogP) is 3.10. The lowest BCUT2D eigenvalue weighted by Gasteiger charge is -2.34. The van der Waals surface area contributed by atoms with Crippen molar-refractivity contribution in [3.63, 3.8) is 0 Å². The summed E-state index contributed by atoms with van der Waals surface area (Å²) in [6, 6.07) is 12.8. The van der Waals surface area contributed by atoms with Crippen LogP contribution in [0.1, 0.15) is 36.1 Å². The number of amides is 1. The summed E-state index contributed by atoms with van der Waals surface area (Å²) in [5, 5.41) is 3.03. The van der Waals surface area contributed by atoms with Crippen LogP contribution in [0.5, 0.6) is 5.75 Å². The van der Waals surface area contributed by atoms with Gasteiger partial charge in [0.15, 0.2) is 6.10 Å². The van der Waals surface area contributed by atoms with Crippen molar-refractivity contribution in [2.45, 2.75) is 39.3 Å². The average Bonchev–Trinajstić information content (AvgIpc) is 2.64. The molecule has 0 fully saturated rings. The lowest BCUT2D eigenvalue weighted by atomic mass is 9.97. The van der Waals surface area contributed by atoms with E-state index in [-0.39, 0.29) is 18.5 Å². The number of nitrogens with zero attached hydrogens (tertiary/aromatic N) is 1. The highest BCUT2D eigenvalue weighted by atomic mass is 32.2. The second kappa shape index (κ2) is 7.83. The normalized spacial score (nSPS) is 17.4. The summed E-state index contributed by atoms with van der Waals surface area (Å²) in [7, 11) is -3.53. The van der Waals surface area contributed by atoms with Gasteiger partial charge in [0.05, 0.1) is 24.5 Å². The molecule has 2 aromatic rings. The Morgan fingerprint density at radius 1 is 1.25 bits per heavy atom. The van der Waals surface area contributed by atoms with Crippen LogP contribution in [0.25, 0.3) is 0 Å². The van der Waals surface area contributed by atoms with Crippen LogP contribution >= 0.6 is 0 Å². The molecule has 1 N–H and O–H groups in total. The molecule has 150 valence electrons. The highest BCUT2D eigenvalue weighted by molar-refractivity contribution is 7.92. The highest BCUT2D eigenvalue weighted by Crippen LogP contribution is 2.34. The van der Waals surface area contributed by atoms with Crippen molar-refractivity contribution in [1.82, 2.24) is 5.32 Å². The molecule has 1 amide bonds. The fourth-order valence-electron chi connectivity index (χ4n) is 3.53. The van der Waals surface area contributed by atoms with Crippen molar-refractivity contribution in [2.75, 3.05) is 17.1 Å². The van der Waals surface area contributed by atoms with Crippen LogP contribution in [-0.4, -0.2) is 33.2 Å². The van der Waals surface area contributed by atoms with Gasteiger partial charge in [-0.05, 0) is 43.5 Å². The number of ether oxygens (including phenoxy) is 1. The smallest absolute Gasteiger partial charge is 0.263 e. The van der Waals surface area contributed by atoms with E-state index in [1.54, 1.807) is 24.3 Å². The number of rotatable bonds is 5. The summed E-state index contributed by atoms with van der Waals surface area (Å²) in [6.45, 7) is 6.01. The van der Waals surface area contributed by atoms with Crippen molar-refractivity contribution in [2.24, 2.45) is 0 Å². The van der Waals surface area contributed by atoms with Crippen LogP contribution in [0.3, 0.4) is 0 Å². The fourth-order valence-corrected chi connectivity index (χ4v) is 4.45. The number of anilines is 1. The fraction of sp³-hybridized carbons (Fsp3) is 0.381. The topological polar surface area (TPSA) is 75.7 Å². The Bertz CT molecular complexity index is 988. The zero-order chi connectivity index (χ0) is 20.5. The molecule has 0 unspecified atom stereocenters. The summed E-state index contributed by atoms with van der Waals surface area (Å²) >= 11 is 0. The maximum atomic E-state index is 12.9. The molecule has 0 aliphatic carbocycles. The van der Waals surface area contributed by atoms with Gasteiger partial charge in [-0.25, -0.2) is 8.42 Å². The number of fused-ring (bicyclic) bond motifs is 1. The summed E-state index contributed by atoms with van der Waals surface area (Å²) in [4.78, 5) is 12.9. The minimum absolute atomic E-state index is 0.0506. The molecule has 2 atom stereocenters. The molecule has 6 nitrogen and oxygen atoms in total. The van der Waals surface area contributed by atoms with Crippen LogP contribution in [0, 0.1) is 13.8 Å². The molecule has 0 aromatic heterocycles. The molecular weight excluding hydrogens is 376 g/mol. The second-order valence-corrected chi connectivity index (χ2v) is 9.10. The van der Waals surface area contributed by atoms with Crippen LogP contribution in [-0.2, 0) is 14.8 Å². The van der Waals surface area contributed by atoms with E-state index < -0.39 is 16.1 Å². The summed E-state index contributed by atoms with van der Waals surface area (Å²) in [5.41, 5.74) is 3.78. The van der Waals surface area contributed by atoms with Gasteiger partial charge in [0, 0.05) is 0 Å². The summed E-state index contributed by atoms with van der Waals surface area (Å²) < 4.78 is 31.5. The summed E-state index contributed by atoms with van der Waals surface area (Å²) in [5.74, 6) is 0.0638. The number of carbonyl (C=O) groups excluding carboxylic acids is 1. The number of hydrogen-bond acceptors (Lipinski definition) is 4. The van der Waals surface area contributed by atoms with Gasteiger partial charge in [-0.3, -0.25) is 9.10 Å². The van der Waals surface area contributed by atoms with Crippen molar-refractivity contribution in [3.8, 4) is 5.75 Å². The molecule has 2 aromatic carbocycles. The van der Waals surface area contributed by atoms with Gasteiger partial charge in [-0.2, -0.15) is 0 Å². The maximum absolute atomic E-state index is 12.9. The zero-order valence-corrected chi connectivity index (χ0v) is 17.4. The SMILES string of the molecule is CC[C@@H](NC(=O)[C@@H]1CN(S(C)(=O)=O)c2ccccc2O1)c1ccc(C)cc1C. The number of nitrogens with one attached hydrogen (secondary N) is 1. The number of sulfonamides is 1. The Balaban J connectivity index is 1.84. The van der Waals surface area contributed by atoms with Gasteiger partial charge in [-0.15, -0.1) is 0 Å². The molecule has 28 heavy (non-hydrogen) atoms. The molecule has 0 spiro atoms. The van der Waals surface area contributed by atoms with Gasteiger partial charge < -0.3 is 10.1 Å². The third-order valence-corrected chi connectivity index (χ3v) is 6.10. The molecule has 0 bridgehead atoms. The Kier molecular flexibility index (Phi) is 5.65. The predicted molar refractivity (Wildman–Crippen MR) is 110 cm³/mol. The van der Waals surface area contributed by atoms with Gasteiger partial charge >= 0.3 is 0 Å². The number of aryl methyl sites for hydroxylation is 2. The molecule has 3 rings (SSSR count). The molecule has 7 heteroatoms. The average molecular weight is 403 g/mol. The standard InChI is InChI=1S/C21H26N2O4S/c1-5-17(16-11-10-14(2)12-15(16)3)22-21(24)20-13-23(28(4,25)26)18-8-6-7-9-19(18)27-20/h6-12,17,20H,5,13H2,1-4H3,(H,22,24)/t17-,20+/m1/s1. The molecule has 0 saturated carbocycles. The van der Waals surface area contributed by atoms with E-state index >= 15 is 0 Å². The third-order valence-electron chi connectivity index (χ3n) is 4.95. The van der Waals surface area contributed by atoms with Gasteiger partial charge in [0.2, 0.25) is 10.0 Å². The van der Waals surface area contributed by atoms with Crippen LogP contribution < -0.4 is 14.4 Å². The first-order valence-electron chi connectivity index (χ1n) is 9.31. The van der Waals surface area contributed by atoms with Crippen molar-refractivity contribution >= 4 is 21.6 Å². The van der Waals surface area contributed by atoms with Gasteiger partial charge in [0.1, 0.15) is 5.75 Å². The minimum Gasteiger partial charge on any atom is -0.476 e. The molecule has 1 aliphatic heterocycles. The van der Waals surface area contributed by atoms with Gasteiger partial charge in [0.25, 0.3) is 5.91 Å². The maximum Gasteiger partial charge on any atom is 0.263 e. The molecular formula is C21H26N2O4S. The van der Waals surface area contributed by atoms with E-state index in [0.29, 0.717) is 11.4 Å². The Hall–Kier alpha value is -2.54. The van der Waals surface area contributed by atoms with Crippen LogP contribution in [0.4, 0.5) is 5.69 Å². The third kappa shape index (κ3) is 4.14. The van der Waals surface area contributed by atoms with Crippen LogP contribution in [0.15, 0.2) is 42.5 Å². The van der Waals surface area contributed by atoms with E-state index in [1.165, 1.54) is 9.87 Å². The first kappa shape index (κ1) is 20.2. The van der Waals surface area contributed by atoms with E-state index in [1.807, 2.05) is 32.9 Å². The number of para-hydroxylation sites is 2. The van der Waals surface area contributed by atoms with E-state index in [9.17, 15) is 13.2 Å². The van der Waals surface area contributed by atoms with E-state index in [0.717, 1.165) is 23.8 Å². The second-order valence-electron chi connectivity index (χ2n) is 7.20. The first-order valence-corrected chi connectivity index (χ1v) is 11.2. The largest absolute Gasteiger partial charge is 0.476 e. The molecule has 0 saturated heterocycles. The number of carbonyl (C=O) groups is 1. The first-order chi connectivity index (χ1) is 13.2. The molecule has 1 heterocycles. The minimum atomic E-state index is -3.53. The van der Waals surface area contributed by atoms with Crippen molar-refractivity contribution in [3.05, 3.63) is 59.2 Å². The van der Waals surface area contributed by atoms with Crippen molar-refractivity contribution < 1.29 is 17.9 Å². The Morgan fingerprint density at radius 2 is 1.96 bits per heavy atom. The van der Waals surface area contributed by atoms with Crippen molar-refractivity contribution in [1.29, 1.82) is 0 Å². The quantitative estimate of drug-likeness (QED) is 0.834. The van der Waals surface area contributed by atoms with Crippen LogP contribution in [0.2, 0.25) is 0 Å².